The van der Waals surface area contributed by atoms with E-state index in [-0.39, 0.29) is 0 Å². The molecule has 0 aromatic rings. The molecule has 188 valence electrons. The molecular weight excluding hydrogens is 376 g/mol. The monoisotopic (exact) mass is 438 g/mol. The second-order valence-corrected chi connectivity index (χ2v) is 12.6. The molecule has 0 atom stereocenters. The van der Waals surface area contributed by atoms with E-state index in [1.54, 1.807) is 0 Å². The summed E-state index contributed by atoms with van der Waals surface area (Å²) < 4.78 is 5.83. The van der Waals surface area contributed by atoms with Crippen LogP contribution in [0.3, 0.4) is 0 Å². The molecule has 31 heavy (non-hydrogen) atoms. The molecule has 0 unspecified atom stereocenters. The Bertz CT molecular complexity index is 312. The number of rotatable bonds is 22. The molecule has 0 aliphatic rings. The first-order chi connectivity index (χ1) is 14.7. The normalized spacial score (nSPS) is 12.6. The third-order valence-electron chi connectivity index (χ3n) is 6.43. The molecule has 0 aliphatic carbocycles. The lowest BCUT2D eigenvalue weighted by molar-refractivity contribution is 0.125. The fourth-order valence-corrected chi connectivity index (χ4v) is 4.30. The van der Waals surface area contributed by atoms with Gasteiger partial charge in [0.15, 0.2) is 0 Å². The molecule has 0 amide bonds. The third kappa shape index (κ3) is 30.0. The molecule has 0 saturated heterocycles. The maximum atomic E-state index is 5.83. The molecule has 0 heterocycles. The maximum Gasteiger partial charge on any atom is 0.0466 e. The minimum Gasteiger partial charge on any atom is -0.381 e. The number of ether oxygens (including phenoxy) is 1. The lowest BCUT2D eigenvalue weighted by Crippen LogP contribution is -2.03. The summed E-state index contributed by atoms with van der Waals surface area (Å²) in [4.78, 5) is 0. The van der Waals surface area contributed by atoms with Gasteiger partial charge in [-0.05, 0) is 36.5 Å². The van der Waals surface area contributed by atoms with E-state index in [0.717, 1.165) is 13.2 Å². The van der Waals surface area contributed by atoms with Gasteiger partial charge in [-0.3, -0.25) is 0 Å². The summed E-state index contributed by atoms with van der Waals surface area (Å²) in [6.07, 6.45) is 28.0. The summed E-state index contributed by atoms with van der Waals surface area (Å²) >= 11 is 0. The first-order valence-corrected chi connectivity index (χ1v) is 14.3. The molecule has 0 aromatic heterocycles. The van der Waals surface area contributed by atoms with Crippen molar-refractivity contribution in [3.63, 3.8) is 0 Å². The third-order valence-corrected chi connectivity index (χ3v) is 6.43. The summed E-state index contributed by atoms with van der Waals surface area (Å²) in [6.45, 7) is 16.1. The van der Waals surface area contributed by atoms with E-state index in [9.17, 15) is 0 Å². The van der Waals surface area contributed by atoms with Crippen molar-refractivity contribution in [1.29, 1.82) is 0 Å². The second kappa shape index (κ2) is 20.6. The minimum atomic E-state index is 0.521. The summed E-state index contributed by atoms with van der Waals surface area (Å²) in [5, 5.41) is 0. The van der Waals surface area contributed by atoms with Gasteiger partial charge in [-0.2, -0.15) is 0 Å². The summed E-state index contributed by atoms with van der Waals surface area (Å²) in [7, 11) is 0. The average Bonchev–Trinajstić information content (AvgIpc) is 2.67. The Hall–Kier alpha value is -0.0400. The van der Waals surface area contributed by atoms with E-state index in [1.165, 1.54) is 128 Å². The highest BCUT2D eigenvalue weighted by Crippen LogP contribution is 2.23. The molecule has 0 N–H and O–H groups in total. The van der Waals surface area contributed by atoms with Crippen LogP contribution in [0.4, 0.5) is 0 Å². The molecule has 1 heteroatoms. The van der Waals surface area contributed by atoms with Gasteiger partial charge in [-0.25, -0.2) is 0 Å². The van der Waals surface area contributed by atoms with Gasteiger partial charge in [0.1, 0.15) is 0 Å². The van der Waals surface area contributed by atoms with E-state index in [2.05, 4.69) is 41.5 Å². The average molecular weight is 439 g/mol. The molecular formula is C30H62O. The molecule has 0 aromatic carbocycles. The summed E-state index contributed by atoms with van der Waals surface area (Å²) in [5.74, 6) is 0. The number of unbranched alkanes of at least 4 members (excludes halogenated alkanes) is 16. The van der Waals surface area contributed by atoms with Gasteiger partial charge < -0.3 is 4.74 Å². The van der Waals surface area contributed by atoms with Crippen molar-refractivity contribution in [3.05, 3.63) is 0 Å². The zero-order valence-corrected chi connectivity index (χ0v) is 23.0. The fourth-order valence-electron chi connectivity index (χ4n) is 4.30. The molecule has 0 rings (SSSR count). The Kier molecular flexibility index (Phi) is 20.5. The second-order valence-electron chi connectivity index (χ2n) is 12.6. The predicted molar refractivity (Wildman–Crippen MR) is 142 cm³/mol. The zero-order valence-electron chi connectivity index (χ0n) is 23.0. The number of hydrogen-bond acceptors (Lipinski definition) is 1. The van der Waals surface area contributed by atoms with E-state index >= 15 is 0 Å². The largest absolute Gasteiger partial charge is 0.381 e. The van der Waals surface area contributed by atoms with Crippen LogP contribution in [0.5, 0.6) is 0 Å². The minimum absolute atomic E-state index is 0.521. The van der Waals surface area contributed by atoms with Crippen LogP contribution >= 0.6 is 0 Å². The first kappa shape index (κ1) is 31.0. The molecule has 0 radical (unpaired) electrons. The molecule has 0 saturated carbocycles. The number of hydrogen-bond donors (Lipinski definition) is 0. The lowest BCUT2D eigenvalue weighted by atomic mass is 9.89. The smallest absolute Gasteiger partial charge is 0.0466 e. The molecule has 0 spiro atoms. The van der Waals surface area contributed by atoms with Crippen molar-refractivity contribution >= 4 is 0 Å². The van der Waals surface area contributed by atoms with Crippen molar-refractivity contribution in [2.24, 2.45) is 10.8 Å². The maximum absolute atomic E-state index is 5.83. The van der Waals surface area contributed by atoms with Crippen LogP contribution in [0, 0.1) is 10.8 Å². The Morgan fingerprint density at radius 1 is 0.323 bits per heavy atom. The highest BCUT2D eigenvalue weighted by Gasteiger charge is 2.09. The van der Waals surface area contributed by atoms with Crippen molar-refractivity contribution in [3.8, 4) is 0 Å². The topological polar surface area (TPSA) is 9.23 Å². The molecule has 0 bridgehead atoms. The van der Waals surface area contributed by atoms with Gasteiger partial charge >= 0.3 is 0 Å². The Balaban J connectivity index is 3.07. The van der Waals surface area contributed by atoms with Gasteiger partial charge in [0.05, 0.1) is 0 Å². The summed E-state index contributed by atoms with van der Waals surface area (Å²) in [6, 6.07) is 0. The van der Waals surface area contributed by atoms with Gasteiger partial charge in [-0.15, -0.1) is 0 Å². The van der Waals surface area contributed by atoms with Gasteiger partial charge in [0.2, 0.25) is 0 Å². The van der Waals surface area contributed by atoms with E-state index < -0.39 is 0 Å². The Morgan fingerprint density at radius 2 is 0.548 bits per heavy atom. The van der Waals surface area contributed by atoms with Crippen LogP contribution in [0.25, 0.3) is 0 Å². The fraction of sp³-hybridized carbons (Fsp3) is 1.00. The zero-order chi connectivity index (χ0) is 23.3. The van der Waals surface area contributed by atoms with Crippen LogP contribution in [0.2, 0.25) is 0 Å². The SMILES string of the molecule is CC(C)(C)CCCCCCCCCCCOCCCCCCCCCCCC(C)(C)C. The van der Waals surface area contributed by atoms with Gasteiger partial charge in [0.25, 0.3) is 0 Å². The lowest BCUT2D eigenvalue weighted by Gasteiger charge is -2.17. The summed E-state index contributed by atoms with van der Waals surface area (Å²) in [5.41, 5.74) is 1.04. The predicted octanol–water partition coefficient (Wildman–Crippen LogP) is 10.9. The van der Waals surface area contributed by atoms with Crippen molar-refractivity contribution in [2.75, 3.05) is 13.2 Å². The van der Waals surface area contributed by atoms with E-state index in [4.69, 9.17) is 4.74 Å². The van der Waals surface area contributed by atoms with Crippen LogP contribution in [0.15, 0.2) is 0 Å². The van der Waals surface area contributed by atoms with E-state index in [0.29, 0.717) is 10.8 Å². The Labute approximate surface area is 198 Å². The highest BCUT2D eigenvalue weighted by atomic mass is 16.5. The van der Waals surface area contributed by atoms with Crippen molar-refractivity contribution in [1.82, 2.24) is 0 Å². The van der Waals surface area contributed by atoms with E-state index in [1.807, 2.05) is 0 Å². The highest BCUT2D eigenvalue weighted by molar-refractivity contribution is 4.62. The van der Waals surface area contributed by atoms with Gasteiger partial charge in [0, 0.05) is 13.2 Å². The van der Waals surface area contributed by atoms with Crippen LogP contribution in [-0.4, -0.2) is 13.2 Å². The van der Waals surface area contributed by atoms with Crippen LogP contribution in [0.1, 0.15) is 170 Å². The van der Waals surface area contributed by atoms with Crippen LogP contribution < -0.4 is 0 Å². The van der Waals surface area contributed by atoms with Crippen molar-refractivity contribution < 1.29 is 4.74 Å². The van der Waals surface area contributed by atoms with Crippen molar-refractivity contribution in [2.45, 2.75) is 170 Å². The Morgan fingerprint density at radius 3 is 0.806 bits per heavy atom. The molecule has 0 aliphatic heterocycles. The molecule has 0 fully saturated rings. The molecule has 1 nitrogen and oxygen atoms in total. The quantitative estimate of drug-likeness (QED) is 0.153. The van der Waals surface area contributed by atoms with Gasteiger partial charge in [-0.1, -0.05) is 144 Å². The standard InChI is InChI=1S/C30H62O/c1-29(2,3)25-21-17-13-9-7-11-15-19-23-27-31-28-24-20-16-12-8-10-14-18-22-26-30(4,5)6/h7-28H2,1-6H3. The first-order valence-electron chi connectivity index (χ1n) is 14.3. The van der Waals surface area contributed by atoms with Crippen LogP contribution in [-0.2, 0) is 4.74 Å².